The minimum atomic E-state index is -0.214. The van der Waals surface area contributed by atoms with Crippen molar-refractivity contribution in [3.63, 3.8) is 0 Å². The number of methoxy groups -OCH3 is 4. The Hall–Kier alpha value is -3.15. The molecule has 0 radical (unpaired) electrons. The average Bonchev–Trinajstić information content (AvgIpc) is 2.65. The molecular formula is C19H18O6. The zero-order valence-electron chi connectivity index (χ0n) is 14.4. The molecule has 0 unspecified atom stereocenters. The van der Waals surface area contributed by atoms with E-state index >= 15 is 0 Å². The number of ether oxygens (including phenoxy) is 4. The van der Waals surface area contributed by atoms with Crippen molar-refractivity contribution in [2.75, 3.05) is 28.4 Å². The van der Waals surface area contributed by atoms with Gasteiger partial charge in [-0.15, -0.1) is 0 Å². The van der Waals surface area contributed by atoms with Gasteiger partial charge in [-0.2, -0.15) is 0 Å². The van der Waals surface area contributed by atoms with Crippen LogP contribution in [-0.4, -0.2) is 28.4 Å². The van der Waals surface area contributed by atoms with E-state index < -0.39 is 0 Å². The number of benzene rings is 2. The average molecular weight is 342 g/mol. The summed E-state index contributed by atoms with van der Waals surface area (Å²) < 4.78 is 27.1. The van der Waals surface area contributed by atoms with Crippen LogP contribution in [0, 0.1) is 0 Å². The minimum absolute atomic E-state index is 0.214. The second kappa shape index (κ2) is 6.76. The Morgan fingerprint density at radius 3 is 2.08 bits per heavy atom. The molecule has 3 rings (SSSR count). The number of hydrogen-bond acceptors (Lipinski definition) is 6. The molecule has 0 aliphatic heterocycles. The second-order valence-electron chi connectivity index (χ2n) is 5.24. The van der Waals surface area contributed by atoms with Crippen LogP contribution in [0.3, 0.4) is 0 Å². The molecule has 1 aromatic heterocycles. The van der Waals surface area contributed by atoms with Gasteiger partial charge in [0, 0.05) is 24.3 Å². The van der Waals surface area contributed by atoms with E-state index in [-0.39, 0.29) is 5.43 Å². The molecular weight excluding hydrogens is 324 g/mol. The Morgan fingerprint density at radius 1 is 0.760 bits per heavy atom. The molecule has 6 heteroatoms. The Kier molecular flexibility index (Phi) is 4.52. The standard InChI is InChI=1S/C19H18O6/c1-21-11-5-6-13(15(7-11)23-3)16-10-14(20)19-17(24-4)8-12(22-2)9-18(19)25-16/h5-10H,1-4H3. The van der Waals surface area contributed by atoms with Crippen molar-refractivity contribution in [1.29, 1.82) is 0 Å². The van der Waals surface area contributed by atoms with Crippen LogP contribution in [0.1, 0.15) is 0 Å². The molecule has 0 fully saturated rings. The van der Waals surface area contributed by atoms with E-state index in [4.69, 9.17) is 23.4 Å². The molecule has 0 N–H and O–H groups in total. The van der Waals surface area contributed by atoms with E-state index in [2.05, 4.69) is 0 Å². The van der Waals surface area contributed by atoms with Gasteiger partial charge in [-0.25, -0.2) is 0 Å². The lowest BCUT2D eigenvalue weighted by Gasteiger charge is -2.12. The maximum atomic E-state index is 12.6. The molecule has 0 aliphatic rings. The van der Waals surface area contributed by atoms with Crippen molar-refractivity contribution >= 4 is 11.0 Å². The molecule has 6 nitrogen and oxygen atoms in total. The first-order valence-electron chi connectivity index (χ1n) is 7.53. The highest BCUT2D eigenvalue weighted by Gasteiger charge is 2.16. The smallest absolute Gasteiger partial charge is 0.197 e. The Balaban J connectivity index is 2.27. The van der Waals surface area contributed by atoms with Gasteiger partial charge in [0.05, 0.1) is 34.0 Å². The maximum Gasteiger partial charge on any atom is 0.197 e. The van der Waals surface area contributed by atoms with E-state index in [1.165, 1.54) is 20.3 Å². The molecule has 1 heterocycles. The lowest BCUT2D eigenvalue weighted by atomic mass is 10.1. The minimum Gasteiger partial charge on any atom is -0.497 e. The summed E-state index contributed by atoms with van der Waals surface area (Å²) in [6.45, 7) is 0. The fourth-order valence-electron chi connectivity index (χ4n) is 2.64. The van der Waals surface area contributed by atoms with Gasteiger partial charge in [-0.05, 0) is 12.1 Å². The highest BCUT2D eigenvalue weighted by atomic mass is 16.5. The molecule has 130 valence electrons. The third-order valence-corrected chi connectivity index (χ3v) is 3.90. The molecule has 25 heavy (non-hydrogen) atoms. The van der Waals surface area contributed by atoms with Crippen molar-refractivity contribution in [3.8, 4) is 34.3 Å². The van der Waals surface area contributed by atoms with Gasteiger partial charge in [0.25, 0.3) is 0 Å². The quantitative estimate of drug-likeness (QED) is 0.707. The third-order valence-electron chi connectivity index (χ3n) is 3.90. The van der Waals surface area contributed by atoms with Crippen molar-refractivity contribution in [2.45, 2.75) is 0 Å². The van der Waals surface area contributed by atoms with Crippen molar-refractivity contribution in [3.05, 3.63) is 46.6 Å². The largest absolute Gasteiger partial charge is 0.497 e. The van der Waals surface area contributed by atoms with Crippen molar-refractivity contribution < 1.29 is 23.4 Å². The summed E-state index contributed by atoms with van der Waals surface area (Å²) in [7, 11) is 6.15. The number of fused-ring (bicyclic) bond motifs is 1. The lowest BCUT2D eigenvalue weighted by molar-refractivity contribution is 0.394. The Morgan fingerprint density at radius 2 is 1.44 bits per heavy atom. The van der Waals surface area contributed by atoms with Gasteiger partial charge >= 0.3 is 0 Å². The van der Waals surface area contributed by atoms with Gasteiger partial charge in [0.2, 0.25) is 0 Å². The highest BCUT2D eigenvalue weighted by Crippen LogP contribution is 2.36. The van der Waals surface area contributed by atoms with Crippen LogP contribution in [0.4, 0.5) is 0 Å². The molecule has 0 spiro atoms. The fraction of sp³-hybridized carbons (Fsp3) is 0.211. The van der Waals surface area contributed by atoms with Crippen LogP contribution in [-0.2, 0) is 0 Å². The summed E-state index contributed by atoms with van der Waals surface area (Å²) in [6.07, 6.45) is 0. The Bertz CT molecular complexity index is 974. The van der Waals surface area contributed by atoms with Gasteiger partial charge in [-0.1, -0.05) is 0 Å². The molecule has 0 atom stereocenters. The SMILES string of the molecule is COc1ccc(-c2cc(=O)c3c(OC)cc(OC)cc3o2)c(OC)c1. The third kappa shape index (κ3) is 2.98. The molecule has 0 amide bonds. The summed E-state index contributed by atoms with van der Waals surface area (Å²) in [4.78, 5) is 12.6. The Labute approximate surface area is 144 Å². The monoisotopic (exact) mass is 342 g/mol. The van der Waals surface area contributed by atoms with Gasteiger partial charge in [0.1, 0.15) is 39.7 Å². The van der Waals surface area contributed by atoms with Crippen LogP contribution in [0.15, 0.2) is 45.6 Å². The predicted octanol–water partition coefficient (Wildman–Crippen LogP) is 3.49. The van der Waals surface area contributed by atoms with Crippen molar-refractivity contribution in [2.24, 2.45) is 0 Å². The summed E-state index contributed by atoms with van der Waals surface area (Å²) in [6, 6.07) is 9.99. The van der Waals surface area contributed by atoms with Crippen LogP contribution in [0.25, 0.3) is 22.3 Å². The van der Waals surface area contributed by atoms with Crippen LogP contribution in [0.5, 0.6) is 23.0 Å². The van der Waals surface area contributed by atoms with E-state index in [1.54, 1.807) is 44.6 Å². The summed E-state index contributed by atoms with van der Waals surface area (Å²) in [5, 5.41) is 0.361. The highest BCUT2D eigenvalue weighted by molar-refractivity contribution is 5.86. The van der Waals surface area contributed by atoms with Gasteiger partial charge < -0.3 is 23.4 Å². The molecule has 2 aromatic carbocycles. The van der Waals surface area contributed by atoms with E-state index in [0.29, 0.717) is 45.3 Å². The lowest BCUT2D eigenvalue weighted by Crippen LogP contribution is -2.03. The van der Waals surface area contributed by atoms with E-state index in [9.17, 15) is 4.79 Å². The maximum absolute atomic E-state index is 12.6. The predicted molar refractivity (Wildman–Crippen MR) is 94.1 cm³/mol. The molecule has 3 aromatic rings. The first-order chi connectivity index (χ1) is 12.1. The summed E-state index contributed by atoms with van der Waals surface area (Å²) in [5.41, 5.74) is 0.800. The number of hydrogen-bond donors (Lipinski definition) is 0. The van der Waals surface area contributed by atoms with Crippen LogP contribution >= 0.6 is 0 Å². The fourth-order valence-corrected chi connectivity index (χ4v) is 2.64. The first-order valence-corrected chi connectivity index (χ1v) is 7.53. The first kappa shape index (κ1) is 16.7. The summed E-state index contributed by atoms with van der Waals surface area (Å²) >= 11 is 0. The zero-order chi connectivity index (χ0) is 18.0. The molecule has 0 saturated carbocycles. The molecule has 0 aliphatic carbocycles. The van der Waals surface area contributed by atoms with Crippen LogP contribution < -0.4 is 24.4 Å². The van der Waals surface area contributed by atoms with Crippen molar-refractivity contribution in [1.82, 2.24) is 0 Å². The molecule has 0 saturated heterocycles. The topological polar surface area (TPSA) is 67.1 Å². The zero-order valence-corrected chi connectivity index (χ0v) is 14.4. The van der Waals surface area contributed by atoms with Gasteiger partial charge in [0.15, 0.2) is 5.43 Å². The van der Waals surface area contributed by atoms with Gasteiger partial charge in [-0.3, -0.25) is 4.79 Å². The second-order valence-corrected chi connectivity index (χ2v) is 5.24. The molecule has 0 bridgehead atoms. The normalized spacial score (nSPS) is 10.6. The van der Waals surface area contributed by atoms with E-state index in [1.807, 2.05) is 0 Å². The number of rotatable bonds is 5. The van der Waals surface area contributed by atoms with E-state index in [0.717, 1.165) is 0 Å². The summed E-state index contributed by atoms with van der Waals surface area (Å²) in [5.74, 6) is 2.50. The van der Waals surface area contributed by atoms with Crippen LogP contribution in [0.2, 0.25) is 0 Å².